The van der Waals surface area contributed by atoms with Crippen LogP contribution in [0.2, 0.25) is 0 Å². The Balaban J connectivity index is 1.60. The Labute approximate surface area is 131 Å². The number of aliphatic hydroxyl groups is 1. The van der Waals surface area contributed by atoms with Crippen LogP contribution in [0.3, 0.4) is 0 Å². The quantitative estimate of drug-likeness (QED) is 0.662. The summed E-state index contributed by atoms with van der Waals surface area (Å²) in [5, 5.41) is 10.7. The highest BCUT2D eigenvalue weighted by Gasteiger charge is 2.44. The molecular formula is C13H25N3O5S. The number of hydrogen-bond donors (Lipinski definition) is 1. The summed E-state index contributed by atoms with van der Waals surface area (Å²) in [6.07, 6.45) is 0.480. The summed E-state index contributed by atoms with van der Waals surface area (Å²) >= 11 is 0. The summed E-state index contributed by atoms with van der Waals surface area (Å²) in [4.78, 5) is 2.15. The predicted molar refractivity (Wildman–Crippen MR) is 79.7 cm³/mol. The van der Waals surface area contributed by atoms with Crippen LogP contribution in [0.5, 0.6) is 0 Å². The molecule has 0 aromatic carbocycles. The first-order valence-electron chi connectivity index (χ1n) is 7.85. The van der Waals surface area contributed by atoms with E-state index in [0.717, 1.165) is 13.1 Å². The molecule has 1 N–H and O–H groups in total. The molecule has 0 saturated carbocycles. The van der Waals surface area contributed by atoms with Gasteiger partial charge in [-0.1, -0.05) is 0 Å². The van der Waals surface area contributed by atoms with Gasteiger partial charge in [-0.25, -0.2) is 0 Å². The number of rotatable bonds is 4. The molecule has 0 aliphatic carbocycles. The molecule has 1 unspecified atom stereocenters. The molecule has 3 saturated heterocycles. The highest BCUT2D eigenvalue weighted by atomic mass is 32.2. The zero-order valence-corrected chi connectivity index (χ0v) is 13.6. The summed E-state index contributed by atoms with van der Waals surface area (Å²) in [7, 11) is -3.49. The summed E-state index contributed by atoms with van der Waals surface area (Å²) in [5.41, 5.74) is -0.962. The number of ether oxygens (including phenoxy) is 2. The Morgan fingerprint density at radius 1 is 0.909 bits per heavy atom. The first-order chi connectivity index (χ1) is 10.5. The van der Waals surface area contributed by atoms with E-state index in [2.05, 4.69) is 4.90 Å². The average Bonchev–Trinajstić information content (AvgIpc) is 2.92. The van der Waals surface area contributed by atoms with Crippen molar-refractivity contribution in [2.24, 2.45) is 0 Å². The van der Waals surface area contributed by atoms with Gasteiger partial charge >= 0.3 is 0 Å². The molecule has 3 aliphatic heterocycles. The van der Waals surface area contributed by atoms with E-state index in [0.29, 0.717) is 59.0 Å². The zero-order valence-electron chi connectivity index (χ0n) is 12.8. The second-order valence-electron chi connectivity index (χ2n) is 6.22. The molecule has 0 spiro atoms. The van der Waals surface area contributed by atoms with E-state index in [1.807, 2.05) is 0 Å². The van der Waals surface area contributed by atoms with Crippen LogP contribution in [0.1, 0.15) is 6.42 Å². The molecule has 0 bridgehead atoms. The van der Waals surface area contributed by atoms with Crippen LogP contribution in [-0.2, 0) is 19.7 Å². The molecule has 3 aliphatic rings. The van der Waals surface area contributed by atoms with Gasteiger partial charge in [0.05, 0.1) is 32.0 Å². The van der Waals surface area contributed by atoms with Crippen molar-refractivity contribution in [3.05, 3.63) is 0 Å². The lowest BCUT2D eigenvalue weighted by Crippen LogP contribution is -2.51. The standard InChI is InChI=1S/C13H25N3O5S/c17-13(11-14-3-7-20-8-4-14)1-2-16(12-13)22(18,19)15-5-9-21-10-6-15/h17H,1-12H2. The smallest absolute Gasteiger partial charge is 0.282 e. The van der Waals surface area contributed by atoms with E-state index in [9.17, 15) is 13.5 Å². The maximum Gasteiger partial charge on any atom is 0.282 e. The minimum atomic E-state index is -3.49. The third-order valence-corrected chi connectivity index (χ3v) is 6.52. The van der Waals surface area contributed by atoms with Gasteiger partial charge in [0, 0.05) is 45.8 Å². The summed E-state index contributed by atoms with van der Waals surface area (Å²) in [5.74, 6) is 0. The van der Waals surface area contributed by atoms with E-state index in [1.54, 1.807) is 0 Å². The normalized spacial score (nSPS) is 33.3. The maximum atomic E-state index is 12.6. The van der Waals surface area contributed by atoms with Crippen LogP contribution in [0, 0.1) is 0 Å². The Morgan fingerprint density at radius 3 is 2.14 bits per heavy atom. The minimum absolute atomic E-state index is 0.171. The zero-order chi connectivity index (χ0) is 15.6. The molecule has 1 atom stereocenters. The van der Waals surface area contributed by atoms with Crippen LogP contribution in [0.4, 0.5) is 0 Å². The highest BCUT2D eigenvalue weighted by molar-refractivity contribution is 7.86. The highest BCUT2D eigenvalue weighted by Crippen LogP contribution is 2.26. The molecule has 0 aromatic heterocycles. The third-order valence-electron chi connectivity index (χ3n) is 4.54. The largest absolute Gasteiger partial charge is 0.387 e. The molecule has 3 rings (SSSR count). The Kier molecular flexibility index (Phi) is 5.03. The van der Waals surface area contributed by atoms with E-state index in [1.165, 1.54) is 8.61 Å². The molecule has 9 heteroatoms. The fraction of sp³-hybridized carbons (Fsp3) is 1.00. The minimum Gasteiger partial charge on any atom is -0.387 e. The Morgan fingerprint density at radius 2 is 1.50 bits per heavy atom. The van der Waals surface area contributed by atoms with Crippen LogP contribution >= 0.6 is 0 Å². The van der Waals surface area contributed by atoms with E-state index < -0.39 is 15.8 Å². The molecule has 22 heavy (non-hydrogen) atoms. The molecule has 128 valence electrons. The Hall–Kier alpha value is -0.290. The number of β-amino-alcohol motifs (C(OH)–C–C–N with tert-alkyl or cyclic N) is 1. The molecule has 8 nitrogen and oxygen atoms in total. The van der Waals surface area contributed by atoms with Gasteiger partial charge in [0.15, 0.2) is 0 Å². The molecule has 3 fully saturated rings. The van der Waals surface area contributed by atoms with Crippen molar-refractivity contribution in [1.82, 2.24) is 13.5 Å². The lowest BCUT2D eigenvalue weighted by atomic mass is 10.0. The lowest BCUT2D eigenvalue weighted by molar-refractivity contribution is -0.0241. The predicted octanol–water partition coefficient (Wildman–Crippen LogP) is -1.67. The van der Waals surface area contributed by atoms with E-state index in [4.69, 9.17) is 9.47 Å². The fourth-order valence-electron chi connectivity index (χ4n) is 3.26. The fourth-order valence-corrected chi connectivity index (χ4v) is 4.92. The third kappa shape index (κ3) is 3.61. The van der Waals surface area contributed by atoms with Crippen molar-refractivity contribution in [1.29, 1.82) is 0 Å². The van der Waals surface area contributed by atoms with Crippen molar-refractivity contribution in [3.8, 4) is 0 Å². The van der Waals surface area contributed by atoms with E-state index in [-0.39, 0.29) is 6.54 Å². The molecule has 0 aromatic rings. The van der Waals surface area contributed by atoms with Gasteiger partial charge in [-0.2, -0.15) is 17.0 Å². The van der Waals surface area contributed by atoms with Crippen molar-refractivity contribution < 1.29 is 23.0 Å². The average molecular weight is 335 g/mol. The summed E-state index contributed by atoms with van der Waals surface area (Å²) in [6, 6.07) is 0. The van der Waals surface area contributed by atoms with Gasteiger partial charge in [-0.05, 0) is 6.42 Å². The van der Waals surface area contributed by atoms with Crippen molar-refractivity contribution >= 4 is 10.2 Å². The van der Waals surface area contributed by atoms with Crippen LogP contribution in [0.15, 0.2) is 0 Å². The molecular weight excluding hydrogens is 310 g/mol. The van der Waals surface area contributed by atoms with Crippen molar-refractivity contribution in [2.75, 3.05) is 72.2 Å². The number of morpholine rings is 2. The lowest BCUT2D eigenvalue weighted by Gasteiger charge is -2.34. The SMILES string of the molecule is O=S(=O)(N1CCOCC1)N1CCC(O)(CN2CCOCC2)C1. The van der Waals surface area contributed by atoms with Crippen molar-refractivity contribution in [2.45, 2.75) is 12.0 Å². The molecule has 0 radical (unpaired) electrons. The van der Waals surface area contributed by atoms with Crippen LogP contribution in [0.25, 0.3) is 0 Å². The van der Waals surface area contributed by atoms with Gasteiger partial charge < -0.3 is 14.6 Å². The first-order valence-corrected chi connectivity index (χ1v) is 9.25. The van der Waals surface area contributed by atoms with Gasteiger partial charge in [-0.15, -0.1) is 0 Å². The second-order valence-corrected chi connectivity index (χ2v) is 8.14. The van der Waals surface area contributed by atoms with Crippen LogP contribution < -0.4 is 0 Å². The van der Waals surface area contributed by atoms with Gasteiger partial charge in [0.1, 0.15) is 0 Å². The van der Waals surface area contributed by atoms with Gasteiger partial charge in [0.2, 0.25) is 0 Å². The Bertz CT molecular complexity index is 476. The summed E-state index contributed by atoms with van der Waals surface area (Å²) < 4.78 is 38.6. The van der Waals surface area contributed by atoms with Gasteiger partial charge in [-0.3, -0.25) is 4.90 Å². The second kappa shape index (κ2) is 6.68. The topological polar surface area (TPSA) is 82.5 Å². The maximum absolute atomic E-state index is 12.6. The number of nitrogens with zero attached hydrogens (tertiary/aromatic N) is 3. The summed E-state index contributed by atoms with van der Waals surface area (Å²) in [6.45, 7) is 5.63. The van der Waals surface area contributed by atoms with Gasteiger partial charge in [0.25, 0.3) is 10.2 Å². The molecule has 0 amide bonds. The first kappa shape index (κ1) is 16.6. The van der Waals surface area contributed by atoms with Crippen LogP contribution in [-0.4, -0.2) is 105 Å². The number of hydrogen-bond acceptors (Lipinski definition) is 6. The molecule has 3 heterocycles. The van der Waals surface area contributed by atoms with Crippen molar-refractivity contribution in [3.63, 3.8) is 0 Å². The monoisotopic (exact) mass is 335 g/mol. The van der Waals surface area contributed by atoms with E-state index >= 15 is 0 Å².